The Morgan fingerprint density at radius 2 is 1.95 bits per heavy atom. The molecular formula is C16H25NO3. The summed E-state index contributed by atoms with van der Waals surface area (Å²) in [5, 5.41) is 3.31. The lowest BCUT2D eigenvalue weighted by Gasteiger charge is -2.17. The van der Waals surface area contributed by atoms with E-state index < -0.39 is 0 Å². The van der Waals surface area contributed by atoms with Crippen molar-refractivity contribution in [1.82, 2.24) is 5.32 Å². The highest BCUT2D eigenvalue weighted by Crippen LogP contribution is 2.14. The first kappa shape index (κ1) is 16.5. The lowest BCUT2D eigenvalue weighted by molar-refractivity contribution is -0.141. The molecule has 0 heterocycles. The number of rotatable bonds is 9. The number of benzene rings is 1. The van der Waals surface area contributed by atoms with Crippen LogP contribution < -0.4 is 10.1 Å². The average Bonchev–Trinajstić information content (AvgIpc) is 2.46. The fraction of sp³-hybridized carbons (Fsp3) is 0.562. The topological polar surface area (TPSA) is 47.6 Å². The van der Waals surface area contributed by atoms with Crippen LogP contribution in [0.3, 0.4) is 0 Å². The number of ether oxygens (including phenoxy) is 2. The van der Waals surface area contributed by atoms with E-state index in [0.29, 0.717) is 6.42 Å². The van der Waals surface area contributed by atoms with Crippen molar-refractivity contribution in [1.29, 1.82) is 0 Å². The van der Waals surface area contributed by atoms with E-state index >= 15 is 0 Å². The Morgan fingerprint density at radius 3 is 2.50 bits per heavy atom. The van der Waals surface area contributed by atoms with Gasteiger partial charge in [0.2, 0.25) is 0 Å². The first-order valence-corrected chi connectivity index (χ1v) is 7.21. The van der Waals surface area contributed by atoms with E-state index in [4.69, 9.17) is 9.47 Å². The van der Waals surface area contributed by atoms with E-state index in [1.165, 1.54) is 12.7 Å². The van der Waals surface area contributed by atoms with Crippen molar-refractivity contribution in [3.63, 3.8) is 0 Å². The van der Waals surface area contributed by atoms with Crippen LogP contribution in [0, 0.1) is 0 Å². The predicted molar refractivity (Wildman–Crippen MR) is 80.0 cm³/mol. The van der Waals surface area contributed by atoms with Gasteiger partial charge in [0.1, 0.15) is 5.75 Å². The molecule has 20 heavy (non-hydrogen) atoms. The van der Waals surface area contributed by atoms with Gasteiger partial charge in [0, 0.05) is 6.04 Å². The van der Waals surface area contributed by atoms with Crippen LogP contribution in [0.5, 0.6) is 5.75 Å². The van der Waals surface area contributed by atoms with Gasteiger partial charge in [-0.25, -0.2) is 0 Å². The second-order valence-electron chi connectivity index (χ2n) is 4.73. The largest absolute Gasteiger partial charge is 0.494 e. The Hall–Kier alpha value is -1.55. The molecule has 0 amide bonds. The minimum Gasteiger partial charge on any atom is -0.494 e. The van der Waals surface area contributed by atoms with Crippen LogP contribution in [0.15, 0.2) is 24.3 Å². The van der Waals surface area contributed by atoms with Gasteiger partial charge < -0.3 is 14.8 Å². The standard InChI is InChI=1S/C16H25NO3/c1-4-10-20-15-8-6-13(7-9-15)11-14(17-5-2)12-16(18)19-3/h6-9,14,17H,4-5,10-12H2,1-3H3. The van der Waals surface area contributed by atoms with Crippen LogP contribution in [0.4, 0.5) is 0 Å². The molecule has 0 aliphatic heterocycles. The van der Waals surface area contributed by atoms with Crippen molar-refractivity contribution in [3.05, 3.63) is 29.8 Å². The van der Waals surface area contributed by atoms with Crippen molar-refractivity contribution in [2.75, 3.05) is 20.3 Å². The molecule has 0 saturated carbocycles. The van der Waals surface area contributed by atoms with Crippen molar-refractivity contribution in [3.8, 4) is 5.75 Å². The quantitative estimate of drug-likeness (QED) is 0.706. The van der Waals surface area contributed by atoms with Gasteiger partial charge in [0.05, 0.1) is 20.1 Å². The molecule has 112 valence electrons. The molecule has 1 atom stereocenters. The zero-order chi connectivity index (χ0) is 14.8. The summed E-state index contributed by atoms with van der Waals surface area (Å²) >= 11 is 0. The van der Waals surface area contributed by atoms with E-state index in [1.807, 2.05) is 31.2 Å². The molecule has 0 aromatic heterocycles. The number of carbonyl (C=O) groups excluding carboxylic acids is 1. The summed E-state index contributed by atoms with van der Waals surface area (Å²) in [6.07, 6.45) is 2.19. The summed E-state index contributed by atoms with van der Waals surface area (Å²) in [5.74, 6) is 0.711. The smallest absolute Gasteiger partial charge is 0.307 e. The third kappa shape index (κ3) is 6.06. The van der Waals surface area contributed by atoms with Crippen LogP contribution >= 0.6 is 0 Å². The number of hydrogen-bond acceptors (Lipinski definition) is 4. The maximum absolute atomic E-state index is 11.4. The molecule has 1 unspecified atom stereocenters. The van der Waals surface area contributed by atoms with E-state index in [9.17, 15) is 4.79 Å². The lowest BCUT2D eigenvalue weighted by atomic mass is 10.0. The molecule has 0 radical (unpaired) electrons. The van der Waals surface area contributed by atoms with Crippen molar-refractivity contribution in [2.45, 2.75) is 39.2 Å². The summed E-state index contributed by atoms with van der Waals surface area (Å²) in [6, 6.07) is 8.16. The van der Waals surface area contributed by atoms with Gasteiger partial charge in [-0.2, -0.15) is 0 Å². The zero-order valence-corrected chi connectivity index (χ0v) is 12.6. The molecule has 4 nitrogen and oxygen atoms in total. The van der Waals surface area contributed by atoms with Crippen molar-refractivity contribution in [2.24, 2.45) is 0 Å². The summed E-state index contributed by atoms with van der Waals surface area (Å²) in [7, 11) is 1.42. The minimum atomic E-state index is -0.182. The second-order valence-corrected chi connectivity index (χ2v) is 4.73. The molecule has 4 heteroatoms. The van der Waals surface area contributed by atoms with Crippen LogP contribution in [0.1, 0.15) is 32.3 Å². The lowest BCUT2D eigenvalue weighted by Crippen LogP contribution is -2.33. The molecule has 1 N–H and O–H groups in total. The van der Waals surface area contributed by atoms with Crippen molar-refractivity contribution < 1.29 is 14.3 Å². The first-order valence-electron chi connectivity index (χ1n) is 7.21. The van der Waals surface area contributed by atoms with Gasteiger partial charge in [-0.15, -0.1) is 0 Å². The number of hydrogen-bond donors (Lipinski definition) is 1. The monoisotopic (exact) mass is 279 g/mol. The molecule has 0 fully saturated rings. The molecule has 0 aliphatic carbocycles. The SMILES string of the molecule is CCCOc1ccc(CC(CC(=O)OC)NCC)cc1. The van der Waals surface area contributed by atoms with Gasteiger partial charge in [-0.1, -0.05) is 26.0 Å². The highest BCUT2D eigenvalue weighted by Gasteiger charge is 2.13. The van der Waals surface area contributed by atoms with Crippen LogP contribution in [-0.2, 0) is 16.0 Å². The van der Waals surface area contributed by atoms with E-state index in [0.717, 1.165) is 31.7 Å². The van der Waals surface area contributed by atoms with Gasteiger partial charge in [0.25, 0.3) is 0 Å². The summed E-state index contributed by atoms with van der Waals surface area (Å²) in [6.45, 7) is 5.69. The molecular weight excluding hydrogens is 254 g/mol. The Labute approximate surface area is 121 Å². The molecule has 0 aliphatic rings. The molecule has 0 spiro atoms. The van der Waals surface area contributed by atoms with Crippen LogP contribution in [-0.4, -0.2) is 32.3 Å². The number of carbonyl (C=O) groups is 1. The molecule has 1 aromatic rings. The fourth-order valence-electron chi connectivity index (χ4n) is 2.02. The Balaban J connectivity index is 2.56. The summed E-state index contributed by atoms with van der Waals surface area (Å²) in [5.41, 5.74) is 1.18. The maximum Gasteiger partial charge on any atom is 0.307 e. The van der Waals surface area contributed by atoms with Crippen LogP contribution in [0.25, 0.3) is 0 Å². The number of nitrogens with one attached hydrogen (secondary N) is 1. The fourth-order valence-corrected chi connectivity index (χ4v) is 2.02. The highest BCUT2D eigenvalue weighted by atomic mass is 16.5. The van der Waals surface area contributed by atoms with Gasteiger partial charge in [0.15, 0.2) is 0 Å². The second kappa shape index (κ2) is 9.37. The predicted octanol–water partition coefficient (Wildman–Crippen LogP) is 2.56. The molecule has 1 rings (SSSR count). The summed E-state index contributed by atoms with van der Waals surface area (Å²) in [4.78, 5) is 11.4. The van der Waals surface area contributed by atoms with Gasteiger partial charge in [-0.05, 0) is 37.1 Å². The average molecular weight is 279 g/mol. The summed E-state index contributed by atoms with van der Waals surface area (Å²) < 4.78 is 10.3. The van der Waals surface area contributed by atoms with Crippen molar-refractivity contribution >= 4 is 5.97 Å². The Morgan fingerprint density at radius 1 is 1.25 bits per heavy atom. The van der Waals surface area contributed by atoms with E-state index in [-0.39, 0.29) is 12.0 Å². The third-order valence-corrected chi connectivity index (χ3v) is 3.01. The third-order valence-electron chi connectivity index (χ3n) is 3.01. The Bertz CT molecular complexity index is 389. The molecule has 0 bridgehead atoms. The number of methoxy groups -OCH3 is 1. The highest BCUT2D eigenvalue weighted by molar-refractivity contribution is 5.70. The van der Waals surface area contributed by atoms with Crippen LogP contribution in [0.2, 0.25) is 0 Å². The number of esters is 1. The zero-order valence-electron chi connectivity index (χ0n) is 12.6. The molecule has 1 aromatic carbocycles. The normalized spacial score (nSPS) is 11.9. The molecule has 0 saturated heterocycles. The van der Waals surface area contributed by atoms with Gasteiger partial charge in [-0.3, -0.25) is 4.79 Å². The van der Waals surface area contributed by atoms with E-state index in [1.54, 1.807) is 0 Å². The minimum absolute atomic E-state index is 0.106. The number of likely N-dealkylation sites (N-methyl/N-ethyl adjacent to an activating group) is 1. The van der Waals surface area contributed by atoms with Gasteiger partial charge >= 0.3 is 5.97 Å². The Kier molecular flexibility index (Phi) is 7.73. The maximum atomic E-state index is 11.4. The van der Waals surface area contributed by atoms with E-state index in [2.05, 4.69) is 12.2 Å². The first-order chi connectivity index (χ1) is 9.69.